The first kappa shape index (κ1) is 18.0. The van der Waals surface area contributed by atoms with Crippen LogP contribution in [0.5, 0.6) is 0 Å². The summed E-state index contributed by atoms with van der Waals surface area (Å²) in [5, 5.41) is 17.9. The first-order valence-corrected chi connectivity index (χ1v) is 5.80. The monoisotopic (exact) mass is 297 g/mol. The molecule has 9 nitrogen and oxygen atoms in total. The maximum atomic E-state index is 11.2. The number of aryl methyl sites for hydroxylation is 1. The molecule has 1 rings (SSSR count). The number of hydrogen-bond acceptors (Lipinski definition) is 5. The van der Waals surface area contributed by atoms with Crippen LogP contribution in [0.1, 0.15) is 12.5 Å². The molecule has 0 aliphatic heterocycles. The average molecular weight is 297 g/mol. The minimum Gasteiger partial charge on any atom is -0.565 e. The average Bonchev–Trinajstić information content (AvgIpc) is 2.32. The summed E-state index contributed by atoms with van der Waals surface area (Å²) in [6.45, 7) is 3.92. The van der Waals surface area contributed by atoms with Gasteiger partial charge in [0, 0.05) is 5.69 Å². The molecule has 0 unspecified atom stereocenters. The number of aliphatic imine (C=N–C) groups is 1. The summed E-state index contributed by atoms with van der Waals surface area (Å²) in [6.07, 6.45) is -2.59. The molecule has 0 saturated heterocycles. The van der Waals surface area contributed by atoms with Crippen molar-refractivity contribution in [2.24, 2.45) is 16.5 Å². The van der Waals surface area contributed by atoms with Crippen molar-refractivity contribution in [3.63, 3.8) is 0 Å². The summed E-state index contributed by atoms with van der Waals surface area (Å²) in [6, 6.07) is 5.23. The zero-order valence-corrected chi connectivity index (χ0v) is 11.6. The molecular weight excluding hydrogens is 280 g/mol. The van der Waals surface area contributed by atoms with Gasteiger partial charge in [0.25, 0.3) is 0 Å². The van der Waals surface area contributed by atoms with Crippen LogP contribution in [0.3, 0.4) is 0 Å². The van der Waals surface area contributed by atoms with E-state index in [4.69, 9.17) is 31.2 Å². The van der Waals surface area contributed by atoms with Crippen LogP contribution in [-0.4, -0.2) is 29.9 Å². The van der Waals surface area contributed by atoms with Gasteiger partial charge in [-0.15, -0.1) is 0 Å². The van der Waals surface area contributed by atoms with E-state index in [1.54, 1.807) is 19.1 Å². The predicted molar refractivity (Wildman–Crippen MR) is 75.3 cm³/mol. The van der Waals surface area contributed by atoms with Gasteiger partial charge in [-0.05, 0) is 31.5 Å². The summed E-state index contributed by atoms with van der Waals surface area (Å²) in [7, 11) is 0. The fraction of sp³-hybridized carbons (Fsp3) is 0.250. The molecule has 0 atom stereocenters. The van der Waals surface area contributed by atoms with Gasteiger partial charge in [-0.1, -0.05) is 6.07 Å². The van der Waals surface area contributed by atoms with Gasteiger partial charge in [0.2, 0.25) is 6.16 Å². The van der Waals surface area contributed by atoms with E-state index in [1.807, 2.05) is 13.0 Å². The maximum Gasteiger partial charge on any atom is 0.411 e. The molecule has 0 aliphatic rings. The van der Waals surface area contributed by atoms with Crippen LogP contribution in [0.25, 0.3) is 0 Å². The van der Waals surface area contributed by atoms with Crippen LogP contribution in [0.15, 0.2) is 23.2 Å². The van der Waals surface area contributed by atoms with Crippen LogP contribution in [0, 0.1) is 6.92 Å². The van der Waals surface area contributed by atoms with Gasteiger partial charge in [-0.25, -0.2) is 9.79 Å². The number of guanidine groups is 1. The second kappa shape index (κ2) is 9.02. The predicted octanol–water partition coefficient (Wildman–Crippen LogP) is 0.356. The number of ether oxygens (including phenoxy) is 1. The summed E-state index contributed by atoms with van der Waals surface area (Å²) in [5.74, 6) is -0.0265. The van der Waals surface area contributed by atoms with E-state index in [0.29, 0.717) is 18.0 Å². The Hall–Kier alpha value is -2.97. The van der Waals surface area contributed by atoms with E-state index < -0.39 is 12.2 Å². The molecule has 0 aromatic heterocycles. The van der Waals surface area contributed by atoms with E-state index in [2.05, 4.69) is 10.3 Å². The van der Waals surface area contributed by atoms with Crippen molar-refractivity contribution in [3.8, 4) is 0 Å². The fourth-order valence-corrected chi connectivity index (χ4v) is 1.23. The molecule has 6 N–H and O–H groups in total. The molecule has 0 spiro atoms. The number of benzene rings is 1. The number of anilines is 1. The third-order valence-corrected chi connectivity index (χ3v) is 1.98. The van der Waals surface area contributed by atoms with Crippen molar-refractivity contribution in [2.75, 3.05) is 11.9 Å². The number of carbonyl (C=O) groups is 2. The van der Waals surface area contributed by atoms with Gasteiger partial charge >= 0.3 is 6.09 Å². The third-order valence-electron chi connectivity index (χ3n) is 1.98. The molecule has 0 bridgehead atoms. The Labute approximate surface area is 121 Å². The number of carboxylic acid groups (broad SMARTS) is 2. The lowest BCUT2D eigenvalue weighted by molar-refractivity contribution is -0.275. The van der Waals surface area contributed by atoms with Crippen molar-refractivity contribution in [1.29, 1.82) is 0 Å². The Morgan fingerprint density at radius 1 is 1.43 bits per heavy atom. The molecular formula is C12H17N4O5-. The normalized spacial score (nSPS) is 8.86. The van der Waals surface area contributed by atoms with Crippen LogP contribution in [0.4, 0.5) is 21.0 Å². The van der Waals surface area contributed by atoms with Crippen LogP contribution in [0.2, 0.25) is 0 Å². The van der Waals surface area contributed by atoms with Crippen molar-refractivity contribution in [3.05, 3.63) is 23.8 Å². The van der Waals surface area contributed by atoms with Crippen molar-refractivity contribution >= 4 is 29.6 Å². The van der Waals surface area contributed by atoms with Crippen molar-refractivity contribution in [2.45, 2.75) is 13.8 Å². The van der Waals surface area contributed by atoms with Crippen LogP contribution >= 0.6 is 0 Å². The van der Waals surface area contributed by atoms with E-state index in [1.165, 1.54) is 0 Å². The number of nitrogens with two attached hydrogens (primary N) is 2. The molecule has 1 aromatic carbocycles. The topological polar surface area (TPSA) is 163 Å². The Morgan fingerprint density at radius 3 is 2.48 bits per heavy atom. The minimum atomic E-state index is -2.08. The Kier molecular flexibility index (Phi) is 7.74. The number of hydrogen-bond donors (Lipinski definition) is 4. The number of nitrogens with one attached hydrogen (secondary N) is 1. The molecule has 0 radical (unpaired) electrons. The highest BCUT2D eigenvalue weighted by molar-refractivity contribution is 5.86. The number of carbonyl (C=O) groups excluding carboxylic acids is 1. The van der Waals surface area contributed by atoms with E-state index in [0.717, 1.165) is 5.56 Å². The molecule has 0 aliphatic carbocycles. The molecule has 0 heterocycles. The second-order valence-electron chi connectivity index (χ2n) is 3.65. The molecule has 21 heavy (non-hydrogen) atoms. The van der Waals surface area contributed by atoms with Gasteiger partial charge in [0.15, 0.2) is 5.96 Å². The molecule has 9 heteroatoms. The van der Waals surface area contributed by atoms with Crippen LogP contribution in [-0.2, 0) is 4.74 Å². The lowest BCUT2D eigenvalue weighted by atomic mass is 10.2. The standard InChI is InChI=1S/C11H16N4O2.CH2O3/c1-3-17-11(16)14-8-5-4-7(2)9(6-8)15-10(12)13;2-1(3)4/h4-6H,3H2,1-2H3,(H,14,16)(H4,12,13,15);(H2,2,3,4)/p-1. The first-order chi connectivity index (χ1) is 9.76. The maximum absolute atomic E-state index is 11.2. The van der Waals surface area contributed by atoms with Gasteiger partial charge in [0.1, 0.15) is 0 Å². The first-order valence-electron chi connectivity index (χ1n) is 5.80. The summed E-state index contributed by atoms with van der Waals surface area (Å²) < 4.78 is 4.76. The molecule has 116 valence electrons. The molecule has 0 fully saturated rings. The second-order valence-corrected chi connectivity index (χ2v) is 3.65. The number of nitrogens with zero attached hydrogens (tertiary/aromatic N) is 1. The van der Waals surface area contributed by atoms with Gasteiger partial charge < -0.3 is 31.2 Å². The zero-order chi connectivity index (χ0) is 16.4. The molecule has 1 aromatic rings. The van der Waals surface area contributed by atoms with E-state index in [9.17, 15) is 4.79 Å². The molecule has 1 amide bonds. The Balaban J connectivity index is 0.000000885. The number of rotatable bonds is 3. The summed E-state index contributed by atoms with van der Waals surface area (Å²) in [5.41, 5.74) is 12.7. The van der Waals surface area contributed by atoms with Gasteiger partial charge in [-0.3, -0.25) is 5.32 Å². The fourth-order valence-electron chi connectivity index (χ4n) is 1.23. The molecule has 0 saturated carbocycles. The van der Waals surface area contributed by atoms with Gasteiger partial charge in [-0.2, -0.15) is 0 Å². The lowest BCUT2D eigenvalue weighted by Gasteiger charge is -2.07. The van der Waals surface area contributed by atoms with Crippen LogP contribution < -0.4 is 21.9 Å². The quantitative estimate of drug-likeness (QED) is 0.462. The largest absolute Gasteiger partial charge is 0.565 e. The summed E-state index contributed by atoms with van der Waals surface area (Å²) >= 11 is 0. The Morgan fingerprint density at radius 2 is 2.00 bits per heavy atom. The van der Waals surface area contributed by atoms with Crippen molar-refractivity contribution < 1.29 is 24.5 Å². The minimum absolute atomic E-state index is 0.0265. The van der Waals surface area contributed by atoms with Gasteiger partial charge in [0.05, 0.1) is 12.3 Å². The highest BCUT2D eigenvalue weighted by Gasteiger charge is 2.04. The lowest BCUT2D eigenvalue weighted by Crippen LogP contribution is -2.22. The third kappa shape index (κ3) is 8.70. The zero-order valence-electron chi connectivity index (χ0n) is 11.6. The van der Waals surface area contributed by atoms with E-state index in [-0.39, 0.29) is 5.96 Å². The smallest absolute Gasteiger partial charge is 0.411 e. The SMILES string of the molecule is CCOC(=O)Nc1ccc(C)c(N=C(N)N)c1.O=C([O-])O. The van der Waals surface area contributed by atoms with Crippen molar-refractivity contribution in [1.82, 2.24) is 0 Å². The summed E-state index contributed by atoms with van der Waals surface area (Å²) in [4.78, 5) is 23.6. The Bertz CT molecular complexity index is 522. The highest BCUT2D eigenvalue weighted by atomic mass is 16.6. The van der Waals surface area contributed by atoms with E-state index >= 15 is 0 Å². The number of amides is 1. The highest BCUT2D eigenvalue weighted by Crippen LogP contribution is 2.22.